The fourth-order valence-corrected chi connectivity index (χ4v) is 1.85. The molecule has 1 aliphatic heterocycles. The van der Waals surface area contributed by atoms with Gasteiger partial charge in [0.25, 0.3) is 0 Å². The summed E-state index contributed by atoms with van der Waals surface area (Å²) >= 11 is 5.94. The first-order chi connectivity index (χ1) is 6.68. The van der Waals surface area contributed by atoms with Crippen LogP contribution in [0.3, 0.4) is 0 Å². The van der Waals surface area contributed by atoms with Crippen LogP contribution in [0, 0.1) is 11.2 Å². The second kappa shape index (κ2) is 3.58. The van der Waals surface area contributed by atoms with Gasteiger partial charge < -0.3 is 4.90 Å². The molecule has 2 rings (SSSR count). The van der Waals surface area contributed by atoms with Crippen molar-refractivity contribution in [3.63, 3.8) is 0 Å². The van der Waals surface area contributed by atoms with Gasteiger partial charge in [0.1, 0.15) is 11.7 Å². The fourth-order valence-electron chi connectivity index (χ4n) is 1.63. The molecule has 0 amide bonds. The molecule has 4 heteroatoms. The molecule has 1 fully saturated rings. The Bertz CT molecular complexity index is 378. The van der Waals surface area contributed by atoms with E-state index in [1.807, 2.05) is 0 Å². The fraction of sp³-hybridized carbons (Fsp3) is 0.300. The lowest BCUT2D eigenvalue weighted by molar-refractivity contribution is 0.628. The maximum atomic E-state index is 13.0. The Balaban J connectivity index is 2.39. The lowest BCUT2D eigenvalue weighted by Crippen LogP contribution is -2.23. The van der Waals surface area contributed by atoms with Gasteiger partial charge in [0.2, 0.25) is 0 Å². The molecular formula is C10H10ClFN2. The number of anilines is 1. The SMILES string of the molecule is N=C1CCCN1c1cc(F)ccc1Cl. The van der Waals surface area contributed by atoms with Crippen LogP contribution in [0.4, 0.5) is 10.1 Å². The third kappa shape index (κ3) is 1.60. The zero-order valence-electron chi connectivity index (χ0n) is 7.56. The Morgan fingerprint density at radius 2 is 2.21 bits per heavy atom. The third-order valence-electron chi connectivity index (χ3n) is 2.32. The number of nitrogens with zero attached hydrogens (tertiary/aromatic N) is 1. The largest absolute Gasteiger partial charge is 0.329 e. The molecule has 1 saturated heterocycles. The van der Waals surface area contributed by atoms with Crippen molar-refractivity contribution in [2.45, 2.75) is 12.8 Å². The summed E-state index contributed by atoms with van der Waals surface area (Å²) in [6, 6.07) is 4.23. The van der Waals surface area contributed by atoms with Gasteiger partial charge in [-0.25, -0.2) is 4.39 Å². The highest BCUT2D eigenvalue weighted by molar-refractivity contribution is 6.33. The molecule has 0 unspecified atom stereocenters. The molecule has 0 bridgehead atoms. The monoisotopic (exact) mass is 212 g/mol. The van der Waals surface area contributed by atoms with E-state index in [1.165, 1.54) is 18.2 Å². The molecule has 1 aromatic rings. The van der Waals surface area contributed by atoms with Crippen LogP contribution in [-0.2, 0) is 0 Å². The summed E-state index contributed by atoms with van der Waals surface area (Å²) in [6.45, 7) is 0.752. The molecule has 1 aliphatic rings. The highest BCUT2D eigenvalue weighted by atomic mass is 35.5. The van der Waals surface area contributed by atoms with E-state index in [1.54, 1.807) is 4.90 Å². The zero-order valence-corrected chi connectivity index (χ0v) is 8.31. The minimum absolute atomic E-state index is 0.316. The zero-order chi connectivity index (χ0) is 10.1. The van der Waals surface area contributed by atoms with Gasteiger partial charge in [-0.2, -0.15) is 0 Å². The van der Waals surface area contributed by atoms with Crippen LogP contribution in [0.25, 0.3) is 0 Å². The van der Waals surface area contributed by atoms with Gasteiger partial charge in [-0.05, 0) is 24.6 Å². The molecule has 14 heavy (non-hydrogen) atoms. The molecule has 0 radical (unpaired) electrons. The molecule has 0 aromatic heterocycles. The standard InChI is InChI=1S/C10H10ClFN2/c11-8-4-3-7(12)6-9(8)14-5-1-2-10(14)13/h3-4,6,13H,1-2,5H2. The molecule has 0 spiro atoms. The third-order valence-corrected chi connectivity index (χ3v) is 2.64. The van der Waals surface area contributed by atoms with E-state index in [-0.39, 0.29) is 5.82 Å². The Morgan fingerprint density at radius 3 is 2.86 bits per heavy atom. The Kier molecular flexibility index (Phi) is 2.42. The maximum absolute atomic E-state index is 13.0. The number of halogens is 2. The van der Waals surface area contributed by atoms with Crippen LogP contribution in [0.15, 0.2) is 18.2 Å². The van der Waals surface area contributed by atoms with Gasteiger partial charge in [0.15, 0.2) is 0 Å². The van der Waals surface area contributed by atoms with Crippen LogP contribution in [0.2, 0.25) is 5.02 Å². The molecule has 2 nitrogen and oxygen atoms in total. The van der Waals surface area contributed by atoms with Crippen molar-refractivity contribution in [2.24, 2.45) is 0 Å². The Hall–Kier alpha value is -1.09. The van der Waals surface area contributed by atoms with Gasteiger partial charge in [-0.1, -0.05) is 11.6 Å². The summed E-state index contributed by atoms with van der Waals surface area (Å²) in [7, 11) is 0. The smallest absolute Gasteiger partial charge is 0.125 e. The van der Waals surface area contributed by atoms with Gasteiger partial charge in [-0.3, -0.25) is 5.41 Å². The van der Waals surface area contributed by atoms with Crippen LogP contribution in [-0.4, -0.2) is 12.4 Å². The maximum Gasteiger partial charge on any atom is 0.125 e. The van der Waals surface area contributed by atoms with E-state index in [0.717, 1.165) is 19.4 Å². The highest BCUT2D eigenvalue weighted by Gasteiger charge is 2.20. The average molecular weight is 213 g/mol. The Labute approximate surface area is 86.8 Å². The molecule has 1 heterocycles. The van der Waals surface area contributed by atoms with Crippen molar-refractivity contribution in [1.82, 2.24) is 0 Å². The van der Waals surface area contributed by atoms with Gasteiger partial charge in [-0.15, -0.1) is 0 Å². The van der Waals surface area contributed by atoms with Crippen molar-refractivity contribution >= 4 is 23.1 Å². The quantitative estimate of drug-likeness (QED) is 0.761. The first-order valence-electron chi connectivity index (χ1n) is 4.48. The van der Waals surface area contributed by atoms with E-state index in [9.17, 15) is 4.39 Å². The molecule has 1 aromatic carbocycles. The second-order valence-electron chi connectivity index (χ2n) is 3.30. The van der Waals surface area contributed by atoms with Crippen LogP contribution >= 0.6 is 11.6 Å². The summed E-state index contributed by atoms with van der Waals surface area (Å²) in [5.41, 5.74) is 0.606. The van der Waals surface area contributed by atoms with E-state index >= 15 is 0 Å². The molecule has 1 N–H and O–H groups in total. The van der Waals surface area contributed by atoms with Gasteiger partial charge >= 0.3 is 0 Å². The second-order valence-corrected chi connectivity index (χ2v) is 3.70. The van der Waals surface area contributed by atoms with E-state index in [2.05, 4.69) is 0 Å². The van der Waals surface area contributed by atoms with Gasteiger partial charge in [0.05, 0.1) is 10.7 Å². The normalized spacial score (nSPS) is 16.4. The Morgan fingerprint density at radius 1 is 1.43 bits per heavy atom. The van der Waals surface area contributed by atoms with Crippen molar-refractivity contribution in [3.05, 3.63) is 29.0 Å². The lowest BCUT2D eigenvalue weighted by Gasteiger charge is -2.19. The predicted molar refractivity (Wildman–Crippen MR) is 55.7 cm³/mol. The number of nitrogens with one attached hydrogen (secondary N) is 1. The first-order valence-corrected chi connectivity index (χ1v) is 4.86. The van der Waals surface area contributed by atoms with E-state index < -0.39 is 0 Å². The number of benzene rings is 1. The van der Waals surface area contributed by atoms with Crippen molar-refractivity contribution < 1.29 is 4.39 Å². The van der Waals surface area contributed by atoms with Gasteiger partial charge in [0, 0.05) is 13.0 Å². The first kappa shape index (κ1) is 9.46. The minimum atomic E-state index is -0.316. The van der Waals surface area contributed by atoms with Crippen LogP contribution in [0.5, 0.6) is 0 Å². The van der Waals surface area contributed by atoms with E-state index in [0.29, 0.717) is 16.5 Å². The summed E-state index contributed by atoms with van der Waals surface area (Å²) in [5.74, 6) is 0.196. The highest BCUT2D eigenvalue weighted by Crippen LogP contribution is 2.29. The number of amidine groups is 1. The molecule has 0 aliphatic carbocycles. The summed E-state index contributed by atoms with van der Waals surface area (Å²) in [6.07, 6.45) is 1.68. The predicted octanol–water partition coefficient (Wildman–Crippen LogP) is 3.06. The summed E-state index contributed by atoms with van der Waals surface area (Å²) < 4.78 is 13.0. The number of hydrogen-bond acceptors (Lipinski definition) is 1. The molecular weight excluding hydrogens is 203 g/mol. The van der Waals surface area contributed by atoms with Crippen molar-refractivity contribution in [1.29, 1.82) is 5.41 Å². The number of hydrogen-bond donors (Lipinski definition) is 1. The van der Waals surface area contributed by atoms with Crippen molar-refractivity contribution in [2.75, 3.05) is 11.4 Å². The van der Waals surface area contributed by atoms with E-state index in [4.69, 9.17) is 17.0 Å². The molecule has 74 valence electrons. The minimum Gasteiger partial charge on any atom is -0.329 e. The molecule has 0 saturated carbocycles. The van der Waals surface area contributed by atoms with Crippen molar-refractivity contribution in [3.8, 4) is 0 Å². The molecule has 0 atom stereocenters. The van der Waals surface area contributed by atoms with Crippen LogP contribution < -0.4 is 4.90 Å². The summed E-state index contributed by atoms with van der Waals surface area (Å²) in [5, 5.41) is 8.15. The number of rotatable bonds is 1. The lowest BCUT2D eigenvalue weighted by atomic mass is 10.3. The topological polar surface area (TPSA) is 27.1 Å². The average Bonchev–Trinajstić information content (AvgIpc) is 2.56. The summed E-state index contributed by atoms with van der Waals surface area (Å²) in [4.78, 5) is 1.76. The van der Waals surface area contributed by atoms with Crippen LogP contribution in [0.1, 0.15) is 12.8 Å².